The van der Waals surface area contributed by atoms with Crippen LogP contribution in [0.3, 0.4) is 0 Å². The summed E-state index contributed by atoms with van der Waals surface area (Å²) >= 11 is 1.17. The Morgan fingerprint density at radius 3 is 2.64 bits per heavy atom. The molecule has 2 fully saturated rings. The minimum absolute atomic E-state index is 0.00831. The van der Waals surface area contributed by atoms with Crippen LogP contribution in [0.4, 0.5) is 9.18 Å². The summed E-state index contributed by atoms with van der Waals surface area (Å²) < 4.78 is 20.4. The number of nitriles is 1. The molecule has 4 rings (SSSR count). The molecule has 190 valence electrons. The number of likely N-dealkylation sites (tertiary alicyclic amines) is 1. The number of benzene rings is 1. The van der Waals surface area contributed by atoms with E-state index in [4.69, 9.17) is 10.5 Å². The van der Waals surface area contributed by atoms with E-state index in [0.29, 0.717) is 15.3 Å². The van der Waals surface area contributed by atoms with E-state index in [1.54, 1.807) is 45.0 Å². The quantitative estimate of drug-likeness (QED) is 0.605. The standard InChI is InChI=1S/C26H29FN4O4S/c1-26(2,3)35-25(34)31-18-7-6-16(11-18)22(31)24(33)30-17(13-28)10-14-4-5-15(12-19(14)27)20-8-9-21(36-20)23(29)32/h4-5,8-9,12,16-18,22H,6-7,10-11H2,1-3H3,(H2,29,32)(H,30,33). The van der Waals surface area contributed by atoms with Crippen LogP contribution in [-0.4, -0.2) is 46.5 Å². The molecule has 36 heavy (non-hydrogen) atoms. The van der Waals surface area contributed by atoms with E-state index >= 15 is 0 Å². The van der Waals surface area contributed by atoms with Crippen LogP contribution in [0.2, 0.25) is 0 Å². The third-order valence-electron chi connectivity index (χ3n) is 6.54. The third kappa shape index (κ3) is 5.36. The second kappa shape index (κ2) is 9.90. The highest BCUT2D eigenvalue weighted by molar-refractivity contribution is 7.17. The highest BCUT2D eigenvalue weighted by Gasteiger charge is 2.52. The van der Waals surface area contributed by atoms with Gasteiger partial charge in [-0.25, -0.2) is 9.18 Å². The normalized spacial score (nSPS) is 21.6. The van der Waals surface area contributed by atoms with Gasteiger partial charge in [0.1, 0.15) is 23.5 Å². The highest BCUT2D eigenvalue weighted by Crippen LogP contribution is 2.43. The van der Waals surface area contributed by atoms with Crippen molar-refractivity contribution >= 4 is 29.2 Å². The number of ether oxygens (including phenoxy) is 1. The molecule has 0 spiro atoms. The molecule has 1 aromatic carbocycles. The Balaban J connectivity index is 1.45. The van der Waals surface area contributed by atoms with Gasteiger partial charge in [-0.3, -0.25) is 14.5 Å². The number of thiophene rings is 1. The first-order valence-electron chi connectivity index (χ1n) is 11.9. The maximum absolute atomic E-state index is 14.9. The van der Waals surface area contributed by atoms with Crippen LogP contribution in [0.1, 0.15) is 55.3 Å². The van der Waals surface area contributed by atoms with Gasteiger partial charge in [0.25, 0.3) is 5.91 Å². The number of piperidine rings is 1. The van der Waals surface area contributed by atoms with Gasteiger partial charge in [0, 0.05) is 17.3 Å². The lowest BCUT2D eigenvalue weighted by atomic mass is 9.97. The number of fused-ring (bicyclic) bond motifs is 2. The first-order chi connectivity index (χ1) is 17.0. The maximum Gasteiger partial charge on any atom is 0.411 e. The average Bonchev–Trinajstić information content (AvgIpc) is 3.54. The summed E-state index contributed by atoms with van der Waals surface area (Å²) in [6.07, 6.45) is 1.81. The van der Waals surface area contributed by atoms with E-state index in [9.17, 15) is 24.0 Å². The number of nitrogens with one attached hydrogen (secondary N) is 1. The Kier molecular flexibility index (Phi) is 7.05. The number of nitrogens with two attached hydrogens (primary N) is 1. The zero-order chi connectivity index (χ0) is 26.2. The first kappa shape index (κ1) is 25.6. The fourth-order valence-electron chi connectivity index (χ4n) is 5.00. The van der Waals surface area contributed by atoms with Crippen LogP contribution < -0.4 is 11.1 Å². The van der Waals surface area contributed by atoms with Crippen molar-refractivity contribution in [3.8, 4) is 16.5 Å². The molecule has 3 amide bonds. The summed E-state index contributed by atoms with van der Waals surface area (Å²) in [5.74, 6) is -1.48. The van der Waals surface area contributed by atoms with Gasteiger partial charge in [-0.15, -0.1) is 11.3 Å². The Hall–Kier alpha value is -3.45. The number of rotatable bonds is 6. The molecule has 2 bridgehead atoms. The van der Waals surface area contributed by atoms with Gasteiger partial charge in [0.15, 0.2) is 0 Å². The van der Waals surface area contributed by atoms with Crippen LogP contribution in [0, 0.1) is 23.1 Å². The van der Waals surface area contributed by atoms with Crippen molar-refractivity contribution in [2.45, 2.75) is 70.2 Å². The predicted octanol–water partition coefficient (Wildman–Crippen LogP) is 3.99. The predicted molar refractivity (Wildman–Crippen MR) is 132 cm³/mol. The van der Waals surface area contributed by atoms with E-state index in [1.807, 2.05) is 6.07 Å². The number of carbonyl (C=O) groups is 3. The number of amides is 3. The number of hydrogen-bond donors (Lipinski definition) is 2. The van der Waals surface area contributed by atoms with Crippen molar-refractivity contribution in [1.29, 1.82) is 5.26 Å². The van der Waals surface area contributed by atoms with Crippen molar-refractivity contribution in [2.75, 3.05) is 0 Å². The lowest BCUT2D eigenvalue weighted by Crippen LogP contribution is -2.55. The second-order valence-electron chi connectivity index (χ2n) is 10.3. The van der Waals surface area contributed by atoms with Crippen molar-refractivity contribution in [3.05, 3.63) is 46.6 Å². The minimum atomic E-state index is -0.972. The van der Waals surface area contributed by atoms with Crippen LogP contribution in [0.5, 0.6) is 0 Å². The van der Waals surface area contributed by atoms with Gasteiger partial charge in [0.05, 0.1) is 10.9 Å². The topological polar surface area (TPSA) is 126 Å². The second-order valence-corrected chi connectivity index (χ2v) is 11.4. The molecule has 10 heteroatoms. The molecule has 2 aromatic rings. The summed E-state index contributed by atoms with van der Waals surface area (Å²) in [6, 6.07) is 8.19. The number of carbonyl (C=O) groups excluding carboxylic acids is 3. The maximum atomic E-state index is 14.9. The summed E-state index contributed by atoms with van der Waals surface area (Å²) in [7, 11) is 0. The minimum Gasteiger partial charge on any atom is -0.444 e. The SMILES string of the molecule is CC(C)(C)OC(=O)N1C2CCC(C2)C1C(=O)NC(C#N)Cc1ccc(-c2ccc(C(N)=O)s2)cc1F. The Morgan fingerprint density at radius 2 is 2.03 bits per heavy atom. The molecule has 1 aliphatic heterocycles. The molecule has 1 saturated carbocycles. The van der Waals surface area contributed by atoms with Crippen LogP contribution in [-0.2, 0) is 16.0 Å². The Labute approximate surface area is 213 Å². The summed E-state index contributed by atoms with van der Waals surface area (Å²) in [5.41, 5.74) is 5.46. The van der Waals surface area contributed by atoms with Crippen molar-refractivity contribution in [3.63, 3.8) is 0 Å². The fraction of sp³-hybridized carbons (Fsp3) is 0.462. The molecule has 1 aromatic heterocycles. The molecule has 1 aliphatic carbocycles. The van der Waals surface area contributed by atoms with Gasteiger partial charge in [-0.1, -0.05) is 12.1 Å². The highest BCUT2D eigenvalue weighted by atomic mass is 32.1. The fourth-order valence-corrected chi connectivity index (χ4v) is 5.86. The molecule has 2 aliphatic rings. The van der Waals surface area contributed by atoms with Crippen LogP contribution in [0.15, 0.2) is 30.3 Å². The van der Waals surface area contributed by atoms with Gasteiger partial charge >= 0.3 is 6.09 Å². The molecule has 4 unspecified atom stereocenters. The molecule has 2 heterocycles. The number of primary amides is 1. The third-order valence-corrected chi connectivity index (χ3v) is 7.69. The number of halogens is 1. The molecule has 3 N–H and O–H groups in total. The van der Waals surface area contributed by atoms with E-state index in [-0.39, 0.29) is 23.9 Å². The Bertz CT molecular complexity index is 1230. The van der Waals surface area contributed by atoms with Gasteiger partial charge in [0.2, 0.25) is 5.91 Å². The smallest absolute Gasteiger partial charge is 0.411 e. The zero-order valence-electron chi connectivity index (χ0n) is 20.4. The van der Waals surface area contributed by atoms with Gasteiger partial charge in [-0.05, 0) is 75.3 Å². The van der Waals surface area contributed by atoms with Gasteiger partial charge < -0.3 is 15.8 Å². The lowest BCUT2D eigenvalue weighted by molar-refractivity contribution is -0.128. The summed E-state index contributed by atoms with van der Waals surface area (Å²) in [6.45, 7) is 5.32. The van der Waals surface area contributed by atoms with E-state index in [0.717, 1.165) is 19.3 Å². The molecule has 0 radical (unpaired) electrons. The van der Waals surface area contributed by atoms with Crippen LogP contribution >= 0.6 is 11.3 Å². The first-order valence-corrected chi connectivity index (χ1v) is 12.7. The summed E-state index contributed by atoms with van der Waals surface area (Å²) in [5, 5.41) is 12.4. The molecular weight excluding hydrogens is 483 g/mol. The van der Waals surface area contributed by atoms with E-state index in [1.165, 1.54) is 22.3 Å². The monoisotopic (exact) mass is 512 g/mol. The lowest BCUT2D eigenvalue weighted by Gasteiger charge is -2.35. The zero-order valence-corrected chi connectivity index (χ0v) is 21.2. The molecule has 8 nitrogen and oxygen atoms in total. The average molecular weight is 513 g/mol. The molecule has 1 saturated heterocycles. The van der Waals surface area contributed by atoms with Gasteiger partial charge in [-0.2, -0.15) is 5.26 Å². The van der Waals surface area contributed by atoms with E-state index < -0.39 is 41.4 Å². The largest absolute Gasteiger partial charge is 0.444 e. The summed E-state index contributed by atoms with van der Waals surface area (Å²) in [4.78, 5) is 40.0. The molecular formula is C26H29FN4O4S. The van der Waals surface area contributed by atoms with Crippen LogP contribution in [0.25, 0.3) is 10.4 Å². The van der Waals surface area contributed by atoms with E-state index in [2.05, 4.69) is 5.32 Å². The molecule has 4 atom stereocenters. The van der Waals surface area contributed by atoms with Crippen molar-refractivity contribution < 1.29 is 23.5 Å². The Morgan fingerprint density at radius 1 is 1.28 bits per heavy atom. The van der Waals surface area contributed by atoms with Crippen molar-refractivity contribution in [2.24, 2.45) is 11.7 Å². The number of nitrogens with zero attached hydrogens (tertiary/aromatic N) is 2. The van der Waals surface area contributed by atoms with Crippen molar-refractivity contribution in [1.82, 2.24) is 10.2 Å². The number of hydrogen-bond acceptors (Lipinski definition) is 6.